The van der Waals surface area contributed by atoms with E-state index in [4.69, 9.17) is 10.8 Å². The zero-order valence-electron chi connectivity index (χ0n) is 19.7. The van der Waals surface area contributed by atoms with E-state index < -0.39 is 5.97 Å². The molecule has 3 aromatic rings. The van der Waals surface area contributed by atoms with Crippen LogP contribution in [-0.4, -0.2) is 27.1 Å². The number of nitrogens with two attached hydrogens (primary N) is 1. The van der Waals surface area contributed by atoms with Crippen molar-refractivity contribution in [1.82, 2.24) is 9.47 Å². The first-order valence-corrected chi connectivity index (χ1v) is 11.7. The molecule has 6 heteroatoms. The molecule has 0 saturated heterocycles. The molecule has 1 aliphatic carbocycles. The lowest BCUT2D eigenvalue weighted by molar-refractivity contribution is -0.136. The zero-order chi connectivity index (χ0) is 24.2. The van der Waals surface area contributed by atoms with E-state index in [0.29, 0.717) is 12.0 Å². The van der Waals surface area contributed by atoms with E-state index in [1.54, 1.807) is 6.20 Å². The predicted molar refractivity (Wildman–Crippen MR) is 135 cm³/mol. The Hall–Kier alpha value is -3.98. The van der Waals surface area contributed by atoms with Gasteiger partial charge in [-0.25, -0.2) is 0 Å². The number of nitriles is 1. The molecule has 0 aliphatic heterocycles. The molecule has 0 fully saturated rings. The number of nitrogens with zero attached hydrogens (tertiary/aromatic N) is 3. The summed E-state index contributed by atoms with van der Waals surface area (Å²) in [5.41, 5.74) is 14.2. The zero-order valence-corrected chi connectivity index (χ0v) is 19.7. The van der Waals surface area contributed by atoms with Crippen LogP contribution in [0.3, 0.4) is 0 Å². The van der Waals surface area contributed by atoms with E-state index in [2.05, 4.69) is 40.7 Å². The second-order valence-corrected chi connectivity index (χ2v) is 8.72. The summed E-state index contributed by atoms with van der Waals surface area (Å²) in [4.78, 5) is 13.4. The molecule has 3 N–H and O–H groups in total. The number of fused-ring (bicyclic) bond motifs is 3. The van der Waals surface area contributed by atoms with Gasteiger partial charge in [-0.1, -0.05) is 19.1 Å². The van der Waals surface area contributed by atoms with Crippen LogP contribution < -0.4 is 5.73 Å². The third-order valence-electron chi connectivity index (χ3n) is 6.40. The molecule has 6 nitrogen and oxygen atoms in total. The maximum absolute atomic E-state index is 11.1. The Morgan fingerprint density at radius 3 is 2.76 bits per heavy atom. The molecule has 1 aromatic heterocycles. The largest absolute Gasteiger partial charge is 0.481 e. The minimum atomic E-state index is -0.797. The molecular formula is C28H30N4O2. The number of aryl methyl sites for hydroxylation is 2. The number of allylic oxidation sites excluding steroid dienone is 1. The van der Waals surface area contributed by atoms with Crippen molar-refractivity contribution in [3.8, 4) is 11.8 Å². The summed E-state index contributed by atoms with van der Waals surface area (Å²) in [6, 6.07) is 14.3. The number of carbonyl (C=O) groups is 1. The summed E-state index contributed by atoms with van der Waals surface area (Å²) < 4.78 is 2.29. The molecule has 2 aromatic carbocycles. The van der Waals surface area contributed by atoms with E-state index in [9.17, 15) is 10.1 Å². The number of benzene rings is 2. The molecule has 0 spiro atoms. The Kier molecular flexibility index (Phi) is 6.74. The van der Waals surface area contributed by atoms with Gasteiger partial charge < -0.3 is 20.3 Å². The number of aliphatic carboxylic acids is 1. The Balaban J connectivity index is 1.93. The standard InChI is InChI=1S/C28H30N4O2/c1-3-13-31(14-12-29)22-7-10-26-24(17-22)23-8-4-20(6-11-28(33)34)16-27(23)32(26)25-9-5-21(18-30)15-19(25)2/h4-5,8-9,12,14-17H,3,6-7,10-11,13,29H2,1-2H3,(H,33,34)/b14-12-. The van der Waals surface area contributed by atoms with Gasteiger partial charge in [-0.05, 0) is 74.1 Å². The van der Waals surface area contributed by atoms with Crippen LogP contribution in [0, 0.1) is 18.3 Å². The van der Waals surface area contributed by atoms with E-state index >= 15 is 0 Å². The average Bonchev–Trinajstić information content (AvgIpc) is 3.15. The van der Waals surface area contributed by atoms with E-state index in [1.165, 1.54) is 17.0 Å². The van der Waals surface area contributed by atoms with Gasteiger partial charge in [0.05, 0.1) is 17.1 Å². The van der Waals surface area contributed by atoms with Crippen molar-refractivity contribution in [2.75, 3.05) is 6.54 Å². The highest BCUT2D eigenvalue weighted by Crippen LogP contribution is 2.38. The van der Waals surface area contributed by atoms with E-state index in [1.807, 2.05) is 37.4 Å². The molecule has 0 saturated carbocycles. The highest BCUT2D eigenvalue weighted by molar-refractivity contribution is 5.94. The molecule has 4 rings (SSSR count). The van der Waals surface area contributed by atoms with Crippen molar-refractivity contribution in [1.29, 1.82) is 5.26 Å². The van der Waals surface area contributed by atoms with E-state index in [-0.39, 0.29) is 6.42 Å². The van der Waals surface area contributed by atoms with Crippen molar-refractivity contribution >= 4 is 22.9 Å². The van der Waals surface area contributed by atoms with Gasteiger partial charge in [0.15, 0.2) is 0 Å². The van der Waals surface area contributed by atoms with Crippen molar-refractivity contribution < 1.29 is 9.90 Å². The molecule has 0 atom stereocenters. The molecule has 0 radical (unpaired) electrons. The molecule has 1 heterocycles. The van der Waals surface area contributed by atoms with Crippen LogP contribution in [0.4, 0.5) is 0 Å². The van der Waals surface area contributed by atoms with Gasteiger partial charge in [-0.15, -0.1) is 0 Å². The van der Waals surface area contributed by atoms with Gasteiger partial charge in [0, 0.05) is 53.4 Å². The van der Waals surface area contributed by atoms with Crippen molar-refractivity contribution in [2.45, 2.75) is 46.0 Å². The monoisotopic (exact) mass is 454 g/mol. The van der Waals surface area contributed by atoms with Gasteiger partial charge in [-0.3, -0.25) is 4.79 Å². The van der Waals surface area contributed by atoms with Crippen LogP contribution in [-0.2, 0) is 17.6 Å². The number of aromatic nitrogens is 1. The maximum Gasteiger partial charge on any atom is 0.303 e. The fourth-order valence-corrected chi connectivity index (χ4v) is 4.85. The van der Waals surface area contributed by atoms with Crippen LogP contribution in [0.2, 0.25) is 0 Å². The second kappa shape index (κ2) is 9.88. The first kappa shape index (κ1) is 23.2. The molecule has 174 valence electrons. The van der Waals surface area contributed by atoms with Crippen LogP contribution in [0.15, 0.2) is 54.5 Å². The minimum Gasteiger partial charge on any atom is -0.481 e. The third kappa shape index (κ3) is 4.42. The second-order valence-electron chi connectivity index (χ2n) is 8.72. The topological polar surface area (TPSA) is 95.3 Å². The van der Waals surface area contributed by atoms with Crippen LogP contribution in [0.5, 0.6) is 0 Å². The number of hydrogen-bond donors (Lipinski definition) is 2. The number of carboxylic acids is 1. The third-order valence-corrected chi connectivity index (χ3v) is 6.40. The quantitative estimate of drug-likeness (QED) is 0.484. The Bertz CT molecular complexity index is 1340. The molecule has 0 bridgehead atoms. The molecule has 34 heavy (non-hydrogen) atoms. The Morgan fingerprint density at radius 2 is 2.09 bits per heavy atom. The lowest BCUT2D eigenvalue weighted by Gasteiger charge is -2.26. The average molecular weight is 455 g/mol. The van der Waals surface area contributed by atoms with Gasteiger partial charge in [0.2, 0.25) is 0 Å². The normalized spacial score (nSPS) is 13.0. The number of rotatable bonds is 8. The SMILES string of the molecule is CCCN(/C=C\N)C1=Cc2c(n(-c3ccc(C#N)cc3C)c3cc(CCC(=O)O)ccc23)CC1. The smallest absolute Gasteiger partial charge is 0.303 e. The fourth-order valence-electron chi connectivity index (χ4n) is 4.85. The van der Waals surface area contributed by atoms with Gasteiger partial charge in [-0.2, -0.15) is 5.26 Å². The molecular weight excluding hydrogens is 424 g/mol. The summed E-state index contributed by atoms with van der Waals surface area (Å²) in [5, 5.41) is 19.6. The number of carboxylic acid groups (broad SMARTS) is 1. The first-order valence-electron chi connectivity index (χ1n) is 11.7. The fraction of sp³-hybridized carbons (Fsp3) is 0.286. The first-order chi connectivity index (χ1) is 16.5. The van der Waals surface area contributed by atoms with Gasteiger partial charge >= 0.3 is 5.97 Å². The molecule has 0 unspecified atom stereocenters. The Morgan fingerprint density at radius 1 is 1.26 bits per heavy atom. The van der Waals surface area contributed by atoms with Crippen molar-refractivity contribution in [3.05, 3.63) is 82.4 Å². The number of hydrogen-bond acceptors (Lipinski definition) is 4. The predicted octanol–water partition coefficient (Wildman–Crippen LogP) is 5.26. The lowest BCUT2D eigenvalue weighted by atomic mass is 9.98. The van der Waals surface area contributed by atoms with Crippen LogP contribution >= 0.6 is 0 Å². The highest BCUT2D eigenvalue weighted by atomic mass is 16.4. The summed E-state index contributed by atoms with van der Waals surface area (Å²) in [7, 11) is 0. The van der Waals surface area contributed by atoms with Gasteiger partial charge in [0.1, 0.15) is 0 Å². The van der Waals surface area contributed by atoms with E-state index in [0.717, 1.165) is 53.5 Å². The van der Waals surface area contributed by atoms with Crippen LogP contribution in [0.25, 0.3) is 22.7 Å². The van der Waals surface area contributed by atoms with Crippen LogP contribution in [0.1, 0.15) is 54.1 Å². The summed E-state index contributed by atoms with van der Waals surface area (Å²) in [6.07, 6.45) is 9.17. The van der Waals surface area contributed by atoms with Crippen molar-refractivity contribution in [3.63, 3.8) is 0 Å². The summed E-state index contributed by atoms with van der Waals surface area (Å²) >= 11 is 0. The molecule has 1 aliphatic rings. The van der Waals surface area contributed by atoms with Gasteiger partial charge in [0.25, 0.3) is 0 Å². The lowest BCUT2D eigenvalue weighted by Crippen LogP contribution is -2.20. The highest BCUT2D eigenvalue weighted by Gasteiger charge is 2.24. The van der Waals surface area contributed by atoms with Crippen molar-refractivity contribution in [2.24, 2.45) is 5.73 Å². The summed E-state index contributed by atoms with van der Waals surface area (Å²) in [6.45, 7) is 5.09. The maximum atomic E-state index is 11.1. The molecule has 0 amide bonds. The summed E-state index contributed by atoms with van der Waals surface area (Å²) in [5.74, 6) is -0.797. The minimum absolute atomic E-state index is 0.100. The Labute approximate surface area is 200 Å².